The molecule has 78 valence electrons. The molecule has 0 amide bonds. The van der Waals surface area contributed by atoms with Crippen LogP contribution in [0.4, 0.5) is 0 Å². The van der Waals surface area contributed by atoms with Crippen LogP contribution in [0.25, 0.3) is 0 Å². The van der Waals surface area contributed by atoms with Crippen molar-refractivity contribution in [2.45, 2.75) is 13.0 Å². The largest absolute Gasteiger partial charge is 0.416 e. The molecule has 0 unspecified atom stereocenters. The number of benzene rings is 1. The summed E-state index contributed by atoms with van der Waals surface area (Å²) in [5.74, 6) is -0.0290. The maximum Gasteiger partial charge on any atom is 0.416 e. The van der Waals surface area contributed by atoms with Gasteiger partial charge < -0.3 is 9.52 Å². The van der Waals surface area contributed by atoms with E-state index < -0.39 is 5.76 Å². The summed E-state index contributed by atoms with van der Waals surface area (Å²) in [5.41, 5.74) is 1.49. The van der Waals surface area contributed by atoms with Crippen molar-refractivity contribution in [1.82, 2.24) is 4.98 Å². The molecule has 1 aromatic heterocycles. The number of hydrogen-bond acceptors (Lipinski definition) is 3. The molecule has 0 fully saturated rings. The zero-order valence-corrected chi connectivity index (χ0v) is 8.06. The van der Waals surface area contributed by atoms with Crippen molar-refractivity contribution in [1.29, 1.82) is 0 Å². The second-order valence-corrected chi connectivity index (χ2v) is 3.24. The quantitative estimate of drug-likeness (QED) is 0.787. The van der Waals surface area contributed by atoms with Gasteiger partial charge in [-0.3, -0.25) is 4.98 Å². The van der Waals surface area contributed by atoms with E-state index in [1.54, 1.807) is 0 Å². The van der Waals surface area contributed by atoms with Crippen LogP contribution in [0, 0.1) is 0 Å². The van der Waals surface area contributed by atoms with Crippen LogP contribution in [0.1, 0.15) is 17.0 Å². The van der Waals surface area contributed by atoms with E-state index in [4.69, 9.17) is 9.52 Å². The van der Waals surface area contributed by atoms with Gasteiger partial charge in [0.25, 0.3) is 0 Å². The highest BCUT2D eigenvalue weighted by atomic mass is 16.4. The Morgan fingerprint density at radius 1 is 1.27 bits per heavy atom. The van der Waals surface area contributed by atoms with E-state index in [-0.39, 0.29) is 6.61 Å². The summed E-state index contributed by atoms with van der Waals surface area (Å²) < 4.78 is 4.94. The molecule has 2 N–H and O–H groups in total. The van der Waals surface area contributed by atoms with Crippen molar-refractivity contribution in [3.8, 4) is 0 Å². The molecule has 0 aliphatic carbocycles. The Morgan fingerprint density at radius 3 is 2.67 bits per heavy atom. The van der Waals surface area contributed by atoms with E-state index in [9.17, 15) is 4.79 Å². The van der Waals surface area contributed by atoms with E-state index in [1.807, 2.05) is 30.3 Å². The van der Waals surface area contributed by atoms with Crippen LogP contribution in [-0.2, 0) is 13.0 Å². The molecular weight excluding hydrogens is 194 g/mol. The number of oxazole rings is 1. The Hall–Kier alpha value is -1.81. The molecule has 0 spiro atoms. The summed E-state index contributed by atoms with van der Waals surface area (Å²) in [6.45, 7) is -0.214. The van der Waals surface area contributed by atoms with E-state index in [2.05, 4.69) is 4.98 Å². The number of aliphatic hydroxyl groups excluding tert-OH is 1. The molecule has 0 saturated carbocycles. The summed E-state index contributed by atoms with van der Waals surface area (Å²) in [6, 6.07) is 9.63. The van der Waals surface area contributed by atoms with Gasteiger partial charge in [-0.05, 0) is 5.56 Å². The smallest absolute Gasteiger partial charge is 0.412 e. The van der Waals surface area contributed by atoms with Crippen LogP contribution in [0.2, 0.25) is 0 Å². The van der Waals surface area contributed by atoms with Gasteiger partial charge in [-0.15, -0.1) is 0 Å². The van der Waals surface area contributed by atoms with Crippen molar-refractivity contribution >= 4 is 0 Å². The fraction of sp³-hybridized carbons (Fsp3) is 0.182. The Labute approximate surface area is 86.2 Å². The van der Waals surface area contributed by atoms with E-state index in [0.29, 0.717) is 17.9 Å². The van der Waals surface area contributed by atoms with Crippen molar-refractivity contribution in [2.75, 3.05) is 0 Å². The number of aromatic nitrogens is 1. The number of aromatic amines is 1. The molecule has 0 aliphatic heterocycles. The third-order valence-corrected chi connectivity index (χ3v) is 2.17. The Kier molecular flexibility index (Phi) is 2.69. The van der Waals surface area contributed by atoms with Gasteiger partial charge in [-0.25, -0.2) is 4.79 Å². The predicted octanol–water partition coefficient (Wildman–Crippen LogP) is 1.05. The molecule has 0 saturated heterocycles. The lowest BCUT2D eigenvalue weighted by molar-refractivity contribution is 0.274. The minimum atomic E-state index is -0.523. The molecular formula is C11H11NO3. The molecule has 2 aromatic rings. The zero-order chi connectivity index (χ0) is 10.7. The highest BCUT2D eigenvalue weighted by Gasteiger charge is 2.08. The molecule has 1 heterocycles. The SMILES string of the molecule is O=c1[nH]c(CO)c(Cc2ccccc2)o1. The summed E-state index contributed by atoms with van der Waals surface area (Å²) in [6.07, 6.45) is 0.509. The van der Waals surface area contributed by atoms with Crippen molar-refractivity contribution < 1.29 is 9.52 Å². The summed E-state index contributed by atoms with van der Waals surface area (Å²) in [4.78, 5) is 13.4. The van der Waals surface area contributed by atoms with Crippen LogP contribution in [0.3, 0.4) is 0 Å². The van der Waals surface area contributed by atoms with Gasteiger partial charge in [-0.1, -0.05) is 30.3 Å². The van der Waals surface area contributed by atoms with Crippen LogP contribution in [0.15, 0.2) is 39.5 Å². The summed E-state index contributed by atoms with van der Waals surface area (Å²) in [7, 11) is 0. The maximum atomic E-state index is 10.9. The molecule has 1 aromatic carbocycles. The molecule has 0 radical (unpaired) electrons. The first kappa shape index (κ1) is 9.73. The van der Waals surface area contributed by atoms with Gasteiger partial charge in [0.15, 0.2) is 0 Å². The fourth-order valence-corrected chi connectivity index (χ4v) is 1.44. The first-order valence-electron chi connectivity index (χ1n) is 4.65. The first-order chi connectivity index (χ1) is 7.29. The number of aliphatic hydroxyl groups is 1. The Balaban J connectivity index is 2.28. The third-order valence-electron chi connectivity index (χ3n) is 2.17. The molecule has 0 aliphatic rings. The average Bonchev–Trinajstić information content (AvgIpc) is 2.60. The average molecular weight is 205 g/mol. The molecule has 0 bridgehead atoms. The van der Waals surface area contributed by atoms with Crippen molar-refractivity contribution in [3.05, 3.63) is 57.9 Å². The second-order valence-electron chi connectivity index (χ2n) is 3.24. The van der Waals surface area contributed by atoms with Gasteiger partial charge >= 0.3 is 5.76 Å². The molecule has 4 heteroatoms. The number of nitrogens with one attached hydrogen (secondary N) is 1. The lowest BCUT2D eigenvalue weighted by Crippen LogP contribution is -1.96. The molecule has 4 nitrogen and oxygen atoms in total. The second kappa shape index (κ2) is 4.14. The maximum absolute atomic E-state index is 10.9. The van der Waals surface area contributed by atoms with Crippen LogP contribution in [0.5, 0.6) is 0 Å². The minimum Gasteiger partial charge on any atom is -0.412 e. The van der Waals surface area contributed by atoms with Gasteiger partial charge in [-0.2, -0.15) is 0 Å². The topological polar surface area (TPSA) is 66.2 Å². The Morgan fingerprint density at radius 2 is 2.00 bits per heavy atom. The lowest BCUT2D eigenvalue weighted by atomic mass is 10.1. The van der Waals surface area contributed by atoms with Gasteiger partial charge in [0, 0.05) is 6.42 Å². The van der Waals surface area contributed by atoms with Crippen LogP contribution < -0.4 is 5.76 Å². The standard InChI is InChI=1S/C11H11NO3/c13-7-9-10(15-11(14)12-9)6-8-4-2-1-3-5-8/h1-5,13H,6-7H2,(H,12,14). The van der Waals surface area contributed by atoms with Gasteiger partial charge in [0.2, 0.25) is 0 Å². The molecule has 0 atom stereocenters. The minimum absolute atomic E-state index is 0.214. The van der Waals surface area contributed by atoms with E-state index in [0.717, 1.165) is 5.56 Å². The fourth-order valence-electron chi connectivity index (χ4n) is 1.44. The third kappa shape index (κ3) is 2.16. The van der Waals surface area contributed by atoms with Crippen molar-refractivity contribution in [2.24, 2.45) is 0 Å². The summed E-state index contributed by atoms with van der Waals surface area (Å²) in [5, 5.41) is 8.98. The zero-order valence-electron chi connectivity index (χ0n) is 8.06. The summed E-state index contributed by atoms with van der Waals surface area (Å²) >= 11 is 0. The number of rotatable bonds is 3. The van der Waals surface area contributed by atoms with E-state index in [1.165, 1.54) is 0 Å². The number of hydrogen-bond donors (Lipinski definition) is 2. The molecule has 15 heavy (non-hydrogen) atoms. The van der Waals surface area contributed by atoms with Crippen LogP contribution in [-0.4, -0.2) is 10.1 Å². The first-order valence-corrected chi connectivity index (χ1v) is 4.65. The van der Waals surface area contributed by atoms with Crippen molar-refractivity contribution in [3.63, 3.8) is 0 Å². The van der Waals surface area contributed by atoms with E-state index >= 15 is 0 Å². The number of H-pyrrole nitrogens is 1. The van der Waals surface area contributed by atoms with Gasteiger partial charge in [0.05, 0.1) is 12.3 Å². The highest BCUT2D eigenvalue weighted by molar-refractivity contribution is 5.22. The normalized spacial score (nSPS) is 10.5. The van der Waals surface area contributed by atoms with Crippen LogP contribution >= 0.6 is 0 Å². The Bertz CT molecular complexity index is 484. The predicted molar refractivity (Wildman–Crippen MR) is 54.5 cm³/mol. The molecule has 2 rings (SSSR count). The van der Waals surface area contributed by atoms with Gasteiger partial charge in [0.1, 0.15) is 5.76 Å². The lowest BCUT2D eigenvalue weighted by Gasteiger charge is -1.98. The highest BCUT2D eigenvalue weighted by Crippen LogP contribution is 2.10. The monoisotopic (exact) mass is 205 g/mol.